The van der Waals surface area contributed by atoms with Crippen molar-refractivity contribution in [3.05, 3.63) is 77.0 Å². The molecule has 1 atom stereocenters. The Labute approximate surface area is 175 Å². The Morgan fingerprint density at radius 3 is 2.67 bits per heavy atom. The van der Waals surface area contributed by atoms with Crippen LogP contribution in [0.2, 0.25) is 0 Å². The van der Waals surface area contributed by atoms with Crippen molar-refractivity contribution >= 4 is 23.4 Å². The van der Waals surface area contributed by atoms with Gasteiger partial charge in [0.1, 0.15) is 5.82 Å². The highest BCUT2D eigenvalue weighted by Crippen LogP contribution is 2.33. The molecule has 2 aromatic carbocycles. The number of aryl methyl sites for hydroxylation is 1. The SMILES string of the molecule is Cc1cnc(Nc2ccc3c(c2)C(C)(C)NC3=O)nc1NC(CO)c1ccccc1. The highest BCUT2D eigenvalue weighted by molar-refractivity contribution is 6.00. The molecule has 1 aliphatic heterocycles. The number of anilines is 3. The zero-order chi connectivity index (χ0) is 21.3. The summed E-state index contributed by atoms with van der Waals surface area (Å²) in [5.41, 5.74) is 3.86. The number of amides is 1. The monoisotopic (exact) mass is 403 g/mol. The normalized spacial score (nSPS) is 15.3. The molecular formula is C23H25N5O2. The van der Waals surface area contributed by atoms with E-state index in [0.717, 1.165) is 22.4 Å². The Hall–Kier alpha value is -3.45. The summed E-state index contributed by atoms with van der Waals surface area (Å²) in [5, 5.41) is 19.3. The minimum absolute atomic E-state index is 0.0584. The van der Waals surface area contributed by atoms with E-state index in [4.69, 9.17) is 0 Å². The first-order chi connectivity index (χ1) is 14.4. The minimum Gasteiger partial charge on any atom is -0.394 e. The van der Waals surface area contributed by atoms with Gasteiger partial charge < -0.3 is 21.1 Å². The van der Waals surface area contributed by atoms with Gasteiger partial charge in [-0.1, -0.05) is 30.3 Å². The molecule has 1 unspecified atom stereocenters. The van der Waals surface area contributed by atoms with Crippen molar-refractivity contribution in [2.24, 2.45) is 0 Å². The van der Waals surface area contributed by atoms with Gasteiger partial charge in [-0.2, -0.15) is 4.98 Å². The lowest BCUT2D eigenvalue weighted by Gasteiger charge is -2.20. The molecule has 1 amide bonds. The van der Waals surface area contributed by atoms with Crippen molar-refractivity contribution in [1.29, 1.82) is 0 Å². The third kappa shape index (κ3) is 3.84. The fourth-order valence-corrected chi connectivity index (χ4v) is 3.62. The van der Waals surface area contributed by atoms with E-state index in [1.807, 2.05) is 69.3 Å². The molecule has 2 heterocycles. The molecule has 1 aliphatic rings. The van der Waals surface area contributed by atoms with Crippen LogP contribution in [0.3, 0.4) is 0 Å². The van der Waals surface area contributed by atoms with Crippen molar-refractivity contribution < 1.29 is 9.90 Å². The van der Waals surface area contributed by atoms with Crippen LogP contribution in [0.5, 0.6) is 0 Å². The Morgan fingerprint density at radius 2 is 1.93 bits per heavy atom. The Morgan fingerprint density at radius 1 is 1.17 bits per heavy atom. The van der Waals surface area contributed by atoms with E-state index >= 15 is 0 Å². The fourth-order valence-electron chi connectivity index (χ4n) is 3.62. The molecule has 4 rings (SSSR count). The predicted octanol–water partition coefficient (Wildman–Crippen LogP) is 3.65. The van der Waals surface area contributed by atoms with Crippen LogP contribution in [0.15, 0.2) is 54.7 Å². The van der Waals surface area contributed by atoms with Crippen molar-refractivity contribution in [3.63, 3.8) is 0 Å². The van der Waals surface area contributed by atoms with Crippen molar-refractivity contribution in [2.45, 2.75) is 32.4 Å². The molecule has 7 nitrogen and oxygen atoms in total. The highest BCUT2D eigenvalue weighted by atomic mass is 16.3. The Balaban J connectivity index is 1.58. The molecule has 0 aliphatic carbocycles. The number of nitrogens with one attached hydrogen (secondary N) is 3. The van der Waals surface area contributed by atoms with Gasteiger partial charge in [-0.25, -0.2) is 4.98 Å². The lowest BCUT2D eigenvalue weighted by Crippen LogP contribution is -2.32. The number of aliphatic hydroxyl groups is 1. The number of rotatable bonds is 6. The van der Waals surface area contributed by atoms with Gasteiger partial charge in [0.25, 0.3) is 5.91 Å². The first-order valence-corrected chi connectivity index (χ1v) is 9.87. The molecule has 3 aromatic rings. The number of carbonyl (C=O) groups excluding carboxylic acids is 1. The van der Waals surface area contributed by atoms with Crippen molar-refractivity contribution in [2.75, 3.05) is 17.2 Å². The standard InChI is InChI=1S/C23H25N5O2/c1-14-12-24-22(27-20(14)26-19(13-29)15-7-5-4-6-8-15)25-16-9-10-17-18(11-16)23(2,3)28-21(17)30/h4-12,19,29H,13H2,1-3H3,(H,28,30)(H2,24,25,26,27). The summed E-state index contributed by atoms with van der Waals surface area (Å²) < 4.78 is 0. The number of nitrogens with zero attached hydrogens (tertiary/aromatic N) is 2. The summed E-state index contributed by atoms with van der Waals surface area (Å²) in [7, 11) is 0. The number of carbonyl (C=O) groups is 1. The summed E-state index contributed by atoms with van der Waals surface area (Å²) in [5.74, 6) is 1.02. The van der Waals surface area contributed by atoms with Gasteiger partial charge >= 0.3 is 0 Å². The Kier molecular flexibility index (Phi) is 5.13. The van der Waals surface area contributed by atoms with E-state index in [-0.39, 0.29) is 18.6 Å². The third-order valence-electron chi connectivity index (χ3n) is 5.29. The third-order valence-corrected chi connectivity index (χ3v) is 5.29. The lowest BCUT2D eigenvalue weighted by atomic mass is 9.94. The average Bonchev–Trinajstić information content (AvgIpc) is 2.97. The maximum Gasteiger partial charge on any atom is 0.252 e. The van der Waals surface area contributed by atoms with E-state index in [0.29, 0.717) is 17.3 Å². The zero-order valence-corrected chi connectivity index (χ0v) is 17.2. The molecule has 0 radical (unpaired) electrons. The first-order valence-electron chi connectivity index (χ1n) is 9.87. The van der Waals surface area contributed by atoms with Gasteiger partial charge in [0.05, 0.1) is 18.2 Å². The molecule has 0 fully saturated rings. The number of aromatic nitrogens is 2. The second kappa shape index (κ2) is 7.76. The van der Waals surface area contributed by atoms with E-state index < -0.39 is 5.54 Å². The van der Waals surface area contributed by atoms with E-state index in [2.05, 4.69) is 25.9 Å². The molecular weight excluding hydrogens is 378 g/mol. The summed E-state index contributed by atoms with van der Waals surface area (Å²) in [6.07, 6.45) is 1.74. The quantitative estimate of drug-likeness (QED) is 0.501. The molecule has 154 valence electrons. The summed E-state index contributed by atoms with van der Waals surface area (Å²) in [4.78, 5) is 21.1. The van der Waals surface area contributed by atoms with Crippen LogP contribution >= 0.6 is 0 Å². The van der Waals surface area contributed by atoms with E-state index in [9.17, 15) is 9.90 Å². The molecule has 7 heteroatoms. The van der Waals surface area contributed by atoms with Crippen molar-refractivity contribution in [1.82, 2.24) is 15.3 Å². The van der Waals surface area contributed by atoms with Gasteiger partial charge in [-0.05, 0) is 50.1 Å². The molecule has 0 spiro atoms. The second-order valence-electron chi connectivity index (χ2n) is 7.98. The molecule has 0 saturated heterocycles. The molecule has 30 heavy (non-hydrogen) atoms. The van der Waals surface area contributed by atoms with Crippen LogP contribution in [0.1, 0.15) is 46.9 Å². The zero-order valence-electron chi connectivity index (χ0n) is 17.2. The van der Waals surface area contributed by atoms with Gasteiger partial charge in [-0.15, -0.1) is 0 Å². The van der Waals surface area contributed by atoms with Gasteiger partial charge in [0, 0.05) is 23.0 Å². The number of fused-ring (bicyclic) bond motifs is 1. The van der Waals surface area contributed by atoms with Gasteiger partial charge in [0.2, 0.25) is 5.95 Å². The van der Waals surface area contributed by atoms with Crippen molar-refractivity contribution in [3.8, 4) is 0 Å². The number of hydrogen-bond acceptors (Lipinski definition) is 6. The number of hydrogen-bond donors (Lipinski definition) is 4. The van der Waals surface area contributed by atoms with E-state index in [1.165, 1.54) is 0 Å². The fraction of sp³-hybridized carbons (Fsp3) is 0.261. The maximum absolute atomic E-state index is 12.1. The van der Waals surface area contributed by atoms with Crippen LogP contribution in [0.4, 0.5) is 17.5 Å². The number of benzene rings is 2. The van der Waals surface area contributed by atoms with Crippen LogP contribution in [-0.4, -0.2) is 27.6 Å². The van der Waals surface area contributed by atoms with Crippen LogP contribution in [0, 0.1) is 6.92 Å². The topological polar surface area (TPSA) is 99.2 Å². The molecule has 1 aromatic heterocycles. The smallest absolute Gasteiger partial charge is 0.252 e. The Bertz CT molecular complexity index is 1080. The summed E-state index contributed by atoms with van der Waals surface area (Å²) in [6, 6.07) is 15.1. The second-order valence-corrected chi connectivity index (χ2v) is 7.98. The van der Waals surface area contributed by atoms with Gasteiger partial charge in [0.15, 0.2) is 0 Å². The molecule has 0 saturated carbocycles. The van der Waals surface area contributed by atoms with Crippen LogP contribution < -0.4 is 16.0 Å². The predicted molar refractivity (Wildman–Crippen MR) is 117 cm³/mol. The lowest BCUT2D eigenvalue weighted by molar-refractivity contribution is 0.0940. The van der Waals surface area contributed by atoms with Crippen LogP contribution in [-0.2, 0) is 5.54 Å². The summed E-state index contributed by atoms with van der Waals surface area (Å²) in [6.45, 7) is 5.81. The number of aliphatic hydroxyl groups excluding tert-OH is 1. The largest absolute Gasteiger partial charge is 0.394 e. The minimum atomic E-state index is -0.422. The average molecular weight is 403 g/mol. The molecule has 4 N–H and O–H groups in total. The van der Waals surface area contributed by atoms with Gasteiger partial charge in [-0.3, -0.25) is 4.79 Å². The van der Waals surface area contributed by atoms with Crippen LogP contribution in [0.25, 0.3) is 0 Å². The highest BCUT2D eigenvalue weighted by Gasteiger charge is 2.34. The maximum atomic E-state index is 12.1. The van der Waals surface area contributed by atoms with E-state index in [1.54, 1.807) is 6.20 Å². The summed E-state index contributed by atoms with van der Waals surface area (Å²) >= 11 is 0. The first kappa shape index (κ1) is 19.8. The molecule has 0 bridgehead atoms.